The van der Waals surface area contributed by atoms with Crippen molar-refractivity contribution in [1.29, 1.82) is 0 Å². The lowest BCUT2D eigenvalue weighted by Crippen LogP contribution is -2.06. The van der Waals surface area contributed by atoms with Crippen LogP contribution in [-0.4, -0.2) is 30.8 Å². The first-order valence-corrected chi connectivity index (χ1v) is 10.8. The van der Waals surface area contributed by atoms with Crippen LogP contribution in [0, 0.1) is 0 Å². The first-order valence-electron chi connectivity index (χ1n) is 10.8. The quantitative estimate of drug-likeness (QED) is 0.445. The standard InChI is InChI=1S/C24H30N4O2/c1-3-5-7-8-22-26-23(28(27-22)15-6-4-2)16-18-9-11-19(12-10-18)20-13-14-25-17-21(20)24(29)30/h9-14,17H,3-8,15-16H2,1-2H3,(H,29,30). The zero-order valence-corrected chi connectivity index (χ0v) is 17.8. The van der Waals surface area contributed by atoms with E-state index in [1.165, 1.54) is 19.0 Å². The van der Waals surface area contributed by atoms with Gasteiger partial charge in [0.15, 0.2) is 5.82 Å². The molecule has 2 heterocycles. The highest BCUT2D eigenvalue weighted by atomic mass is 16.4. The van der Waals surface area contributed by atoms with Gasteiger partial charge in [-0.1, -0.05) is 57.4 Å². The third-order valence-corrected chi connectivity index (χ3v) is 5.20. The van der Waals surface area contributed by atoms with Gasteiger partial charge >= 0.3 is 5.97 Å². The number of pyridine rings is 1. The lowest BCUT2D eigenvalue weighted by atomic mass is 10.00. The van der Waals surface area contributed by atoms with Gasteiger partial charge in [0.1, 0.15) is 5.82 Å². The number of aryl methyl sites for hydroxylation is 2. The van der Waals surface area contributed by atoms with Crippen LogP contribution in [0.4, 0.5) is 0 Å². The highest BCUT2D eigenvalue weighted by Crippen LogP contribution is 2.24. The van der Waals surface area contributed by atoms with Crippen molar-refractivity contribution in [3.8, 4) is 11.1 Å². The molecule has 6 heteroatoms. The number of hydrogen-bond donors (Lipinski definition) is 1. The number of unbranched alkanes of at least 4 members (excludes halogenated alkanes) is 3. The Labute approximate surface area is 178 Å². The van der Waals surface area contributed by atoms with E-state index in [1.54, 1.807) is 12.3 Å². The largest absolute Gasteiger partial charge is 0.478 e. The van der Waals surface area contributed by atoms with E-state index in [1.807, 2.05) is 24.3 Å². The molecule has 0 amide bonds. The molecule has 0 bridgehead atoms. The van der Waals surface area contributed by atoms with Gasteiger partial charge in [0.25, 0.3) is 0 Å². The molecule has 0 radical (unpaired) electrons. The number of benzene rings is 1. The molecule has 3 aromatic rings. The Morgan fingerprint density at radius 2 is 1.80 bits per heavy atom. The Morgan fingerprint density at radius 1 is 1.03 bits per heavy atom. The van der Waals surface area contributed by atoms with Crippen LogP contribution >= 0.6 is 0 Å². The molecular weight excluding hydrogens is 376 g/mol. The van der Waals surface area contributed by atoms with Crippen molar-refractivity contribution in [1.82, 2.24) is 19.7 Å². The van der Waals surface area contributed by atoms with Crippen molar-refractivity contribution >= 4 is 5.97 Å². The lowest BCUT2D eigenvalue weighted by molar-refractivity contribution is 0.0697. The summed E-state index contributed by atoms with van der Waals surface area (Å²) in [7, 11) is 0. The molecule has 0 spiro atoms. The van der Waals surface area contributed by atoms with Crippen molar-refractivity contribution in [2.45, 2.75) is 65.3 Å². The summed E-state index contributed by atoms with van der Waals surface area (Å²) in [6.45, 7) is 5.28. The molecule has 3 rings (SSSR count). The fourth-order valence-electron chi connectivity index (χ4n) is 3.48. The topological polar surface area (TPSA) is 80.9 Å². The molecule has 0 atom stereocenters. The van der Waals surface area contributed by atoms with Crippen molar-refractivity contribution in [3.05, 3.63) is 65.5 Å². The maximum Gasteiger partial charge on any atom is 0.337 e. The van der Waals surface area contributed by atoms with Gasteiger partial charge in [-0.3, -0.25) is 4.98 Å². The van der Waals surface area contributed by atoms with Gasteiger partial charge in [0, 0.05) is 31.8 Å². The first-order chi connectivity index (χ1) is 14.6. The molecule has 158 valence electrons. The lowest BCUT2D eigenvalue weighted by Gasteiger charge is -2.08. The maximum absolute atomic E-state index is 11.5. The Kier molecular flexibility index (Phi) is 7.71. The van der Waals surface area contributed by atoms with Crippen LogP contribution in [0.1, 0.15) is 73.5 Å². The minimum absolute atomic E-state index is 0.210. The van der Waals surface area contributed by atoms with E-state index in [2.05, 4.69) is 23.5 Å². The van der Waals surface area contributed by atoms with Crippen molar-refractivity contribution in [2.24, 2.45) is 0 Å². The number of carbonyl (C=O) groups is 1. The van der Waals surface area contributed by atoms with E-state index in [0.29, 0.717) is 12.0 Å². The van der Waals surface area contributed by atoms with Crippen LogP contribution in [0.2, 0.25) is 0 Å². The van der Waals surface area contributed by atoms with Gasteiger partial charge < -0.3 is 5.11 Å². The van der Waals surface area contributed by atoms with Crippen LogP contribution in [0.25, 0.3) is 11.1 Å². The Hall–Kier alpha value is -3.02. The molecule has 0 aliphatic carbocycles. The molecular formula is C24H30N4O2. The van der Waals surface area contributed by atoms with Crippen LogP contribution in [0.5, 0.6) is 0 Å². The minimum atomic E-state index is -0.971. The Morgan fingerprint density at radius 3 is 2.50 bits per heavy atom. The minimum Gasteiger partial charge on any atom is -0.478 e. The summed E-state index contributed by atoms with van der Waals surface area (Å²) in [6.07, 6.45) is 10.4. The second-order valence-electron chi connectivity index (χ2n) is 7.58. The number of rotatable bonds is 11. The number of aromatic carboxylic acids is 1. The Bertz CT molecular complexity index is 964. The summed E-state index contributed by atoms with van der Waals surface area (Å²) >= 11 is 0. The summed E-state index contributed by atoms with van der Waals surface area (Å²) < 4.78 is 2.06. The van der Waals surface area contributed by atoms with Crippen molar-refractivity contribution in [2.75, 3.05) is 0 Å². The van der Waals surface area contributed by atoms with Gasteiger partial charge in [0.2, 0.25) is 0 Å². The van der Waals surface area contributed by atoms with Crippen LogP contribution in [-0.2, 0) is 19.4 Å². The van der Waals surface area contributed by atoms with Crippen molar-refractivity contribution in [3.63, 3.8) is 0 Å². The summed E-state index contributed by atoms with van der Waals surface area (Å²) in [4.78, 5) is 20.2. The highest BCUT2D eigenvalue weighted by molar-refractivity contribution is 5.95. The summed E-state index contributed by atoms with van der Waals surface area (Å²) in [5, 5.41) is 14.1. The average molecular weight is 407 g/mol. The molecule has 2 aromatic heterocycles. The number of aromatic nitrogens is 4. The fourth-order valence-corrected chi connectivity index (χ4v) is 3.48. The van der Waals surface area contributed by atoms with E-state index in [9.17, 15) is 9.90 Å². The number of carboxylic acids is 1. The zero-order chi connectivity index (χ0) is 21.3. The van der Waals surface area contributed by atoms with Crippen LogP contribution in [0.15, 0.2) is 42.7 Å². The Balaban J connectivity index is 1.78. The van der Waals surface area contributed by atoms with Crippen LogP contribution < -0.4 is 0 Å². The third kappa shape index (κ3) is 5.53. The van der Waals surface area contributed by atoms with Gasteiger partial charge in [-0.05, 0) is 35.6 Å². The molecule has 30 heavy (non-hydrogen) atoms. The van der Waals surface area contributed by atoms with E-state index >= 15 is 0 Å². The summed E-state index contributed by atoms with van der Waals surface area (Å²) in [5.41, 5.74) is 2.89. The van der Waals surface area contributed by atoms with Gasteiger partial charge in [-0.15, -0.1) is 0 Å². The van der Waals surface area contributed by atoms with Crippen LogP contribution in [0.3, 0.4) is 0 Å². The molecule has 6 nitrogen and oxygen atoms in total. The second-order valence-corrected chi connectivity index (χ2v) is 7.58. The van der Waals surface area contributed by atoms with Gasteiger partial charge in [-0.25, -0.2) is 14.5 Å². The third-order valence-electron chi connectivity index (χ3n) is 5.20. The molecule has 0 aliphatic heterocycles. The van der Waals surface area contributed by atoms with Gasteiger partial charge in [-0.2, -0.15) is 5.10 Å². The molecule has 0 aliphatic rings. The molecule has 0 unspecified atom stereocenters. The fraction of sp³-hybridized carbons (Fsp3) is 0.417. The monoisotopic (exact) mass is 406 g/mol. The van der Waals surface area contributed by atoms with Crippen molar-refractivity contribution < 1.29 is 9.90 Å². The predicted molar refractivity (Wildman–Crippen MR) is 118 cm³/mol. The van der Waals surface area contributed by atoms with E-state index in [-0.39, 0.29) is 5.56 Å². The maximum atomic E-state index is 11.5. The van der Waals surface area contributed by atoms with E-state index in [4.69, 9.17) is 10.1 Å². The SMILES string of the molecule is CCCCCc1nc(Cc2ccc(-c3ccncc3C(=O)O)cc2)n(CCCC)n1. The number of hydrogen-bond acceptors (Lipinski definition) is 4. The number of carboxylic acid groups (broad SMARTS) is 1. The molecule has 0 saturated carbocycles. The molecule has 0 fully saturated rings. The smallest absolute Gasteiger partial charge is 0.337 e. The highest BCUT2D eigenvalue weighted by Gasteiger charge is 2.13. The van der Waals surface area contributed by atoms with E-state index in [0.717, 1.165) is 55.0 Å². The van der Waals surface area contributed by atoms with Gasteiger partial charge in [0.05, 0.1) is 5.56 Å². The number of nitrogens with zero attached hydrogens (tertiary/aromatic N) is 4. The predicted octanol–water partition coefficient (Wildman–Crippen LogP) is 5.16. The normalized spacial score (nSPS) is 11.0. The second kappa shape index (κ2) is 10.7. The summed E-state index contributed by atoms with van der Waals surface area (Å²) in [5.74, 6) is 0.966. The molecule has 0 saturated heterocycles. The van der Waals surface area contributed by atoms with E-state index < -0.39 is 5.97 Å². The molecule has 1 aromatic carbocycles. The summed E-state index contributed by atoms with van der Waals surface area (Å²) in [6, 6.07) is 9.74. The first kappa shape index (κ1) is 21.7. The zero-order valence-electron chi connectivity index (χ0n) is 17.8. The average Bonchev–Trinajstić information content (AvgIpc) is 3.14. The molecule has 1 N–H and O–H groups in total.